The van der Waals surface area contributed by atoms with Gasteiger partial charge in [-0.2, -0.15) is 0 Å². The quantitative estimate of drug-likeness (QED) is 0.0321. The zero-order valence-electron chi connectivity index (χ0n) is 41.6. The SMILES string of the molecule is CCCCCCCCCCCCCCCCCCC(O)C(CO)NC(=O)CCCCCCCCC/C=C\C/C=C\CCCCCOC(=O)CCCCCCCCCCCCCC. The summed E-state index contributed by atoms with van der Waals surface area (Å²) in [6.45, 7) is 4.91. The van der Waals surface area contributed by atoms with Crippen molar-refractivity contribution in [2.45, 2.75) is 309 Å². The number of amides is 1. The van der Waals surface area contributed by atoms with Crippen LogP contribution in [0.1, 0.15) is 296 Å². The summed E-state index contributed by atoms with van der Waals surface area (Å²) in [7, 11) is 0. The zero-order chi connectivity index (χ0) is 45.1. The van der Waals surface area contributed by atoms with E-state index in [1.807, 2.05) is 0 Å². The van der Waals surface area contributed by atoms with Crippen LogP contribution in [0.25, 0.3) is 0 Å². The molecule has 0 saturated heterocycles. The molecule has 0 aliphatic heterocycles. The number of ether oxygens (including phenoxy) is 1. The molecule has 6 heteroatoms. The van der Waals surface area contributed by atoms with Crippen LogP contribution in [0.3, 0.4) is 0 Å². The lowest BCUT2D eigenvalue weighted by Gasteiger charge is -2.22. The number of aliphatic hydroxyl groups excluding tert-OH is 2. The summed E-state index contributed by atoms with van der Waals surface area (Å²) < 4.78 is 5.44. The van der Waals surface area contributed by atoms with Gasteiger partial charge in [-0.25, -0.2) is 0 Å². The van der Waals surface area contributed by atoms with Gasteiger partial charge < -0.3 is 20.3 Å². The Morgan fingerprint density at radius 3 is 1.23 bits per heavy atom. The number of unbranched alkanes of at least 4 members (excludes halogenated alkanes) is 36. The first-order chi connectivity index (χ1) is 30.5. The van der Waals surface area contributed by atoms with Crippen LogP contribution in [0, 0.1) is 0 Å². The second-order valence-electron chi connectivity index (χ2n) is 18.9. The predicted octanol–water partition coefficient (Wildman–Crippen LogP) is 16.7. The Hall–Kier alpha value is -1.66. The number of allylic oxidation sites excluding steroid dienone is 4. The highest BCUT2D eigenvalue weighted by molar-refractivity contribution is 5.76. The Morgan fingerprint density at radius 1 is 0.452 bits per heavy atom. The minimum atomic E-state index is -0.674. The number of aliphatic hydroxyl groups is 2. The van der Waals surface area contributed by atoms with Crippen molar-refractivity contribution < 1.29 is 24.5 Å². The molecule has 0 rings (SSSR count). The molecule has 0 aromatic rings. The van der Waals surface area contributed by atoms with Crippen molar-refractivity contribution in [1.29, 1.82) is 0 Å². The standard InChI is InChI=1S/C56H107NO5/c1-3-5-7-9-11-13-15-17-18-22-25-28-32-36-40-44-48-54(59)53(52-58)57-55(60)49-45-41-37-33-29-26-23-20-19-21-24-27-31-35-39-43-47-51-62-56(61)50-46-42-38-34-30-16-14-12-10-8-6-4-2/h19,21,27,31,53-54,58-59H,3-18,20,22-26,28-30,32-52H2,1-2H3,(H,57,60)/b21-19-,31-27-. The van der Waals surface area contributed by atoms with E-state index in [1.54, 1.807) is 0 Å². The Kier molecular flexibility index (Phi) is 50.6. The third-order valence-corrected chi connectivity index (χ3v) is 12.8. The molecule has 6 nitrogen and oxygen atoms in total. The third-order valence-electron chi connectivity index (χ3n) is 12.8. The van der Waals surface area contributed by atoms with Gasteiger partial charge >= 0.3 is 5.97 Å². The molecule has 0 aromatic carbocycles. The van der Waals surface area contributed by atoms with Crippen LogP contribution in [-0.2, 0) is 14.3 Å². The minimum Gasteiger partial charge on any atom is -0.466 e. The van der Waals surface area contributed by atoms with Crippen LogP contribution in [0.4, 0.5) is 0 Å². The molecule has 2 unspecified atom stereocenters. The summed E-state index contributed by atoms with van der Waals surface area (Å²) in [4.78, 5) is 24.5. The Labute approximate surface area is 386 Å². The largest absolute Gasteiger partial charge is 0.466 e. The van der Waals surface area contributed by atoms with Gasteiger partial charge in [-0.15, -0.1) is 0 Å². The van der Waals surface area contributed by atoms with Crippen LogP contribution in [0.15, 0.2) is 24.3 Å². The van der Waals surface area contributed by atoms with Crippen LogP contribution in [0.2, 0.25) is 0 Å². The normalized spacial score (nSPS) is 12.8. The van der Waals surface area contributed by atoms with E-state index in [9.17, 15) is 19.8 Å². The fraction of sp³-hybridized carbons (Fsp3) is 0.893. The third kappa shape index (κ3) is 47.8. The molecule has 0 aliphatic rings. The Morgan fingerprint density at radius 2 is 0.806 bits per heavy atom. The number of nitrogens with one attached hydrogen (secondary N) is 1. The van der Waals surface area contributed by atoms with Gasteiger partial charge in [-0.1, -0.05) is 244 Å². The monoisotopic (exact) mass is 874 g/mol. The highest BCUT2D eigenvalue weighted by Crippen LogP contribution is 2.17. The maximum atomic E-state index is 12.5. The van der Waals surface area contributed by atoms with E-state index in [1.165, 1.54) is 180 Å². The molecule has 0 fully saturated rings. The van der Waals surface area contributed by atoms with E-state index in [0.717, 1.165) is 83.5 Å². The summed E-state index contributed by atoms with van der Waals surface area (Å²) in [6, 6.07) is -0.553. The fourth-order valence-corrected chi connectivity index (χ4v) is 8.49. The minimum absolute atomic E-state index is 0.0147. The molecule has 0 bridgehead atoms. The molecule has 1 amide bonds. The molecule has 0 saturated carbocycles. The average molecular weight is 874 g/mol. The van der Waals surface area contributed by atoms with Gasteiger partial charge in [0.15, 0.2) is 0 Å². The van der Waals surface area contributed by atoms with E-state index in [4.69, 9.17) is 4.74 Å². The highest BCUT2D eigenvalue weighted by Gasteiger charge is 2.20. The van der Waals surface area contributed by atoms with Gasteiger partial charge in [-0.3, -0.25) is 9.59 Å². The molecule has 366 valence electrons. The second-order valence-corrected chi connectivity index (χ2v) is 18.9. The topological polar surface area (TPSA) is 95.9 Å². The van der Waals surface area contributed by atoms with Crippen molar-refractivity contribution in [3.63, 3.8) is 0 Å². The maximum Gasteiger partial charge on any atom is 0.305 e. The first-order valence-corrected chi connectivity index (χ1v) is 27.6. The summed E-state index contributed by atoms with van der Waals surface area (Å²) in [5, 5.41) is 23.3. The molecule has 0 heterocycles. The molecule has 2 atom stereocenters. The van der Waals surface area contributed by atoms with Crippen molar-refractivity contribution in [3.8, 4) is 0 Å². The Balaban J connectivity index is 3.50. The molecule has 62 heavy (non-hydrogen) atoms. The first kappa shape index (κ1) is 60.3. The van der Waals surface area contributed by atoms with Gasteiger partial charge in [0.1, 0.15) is 0 Å². The maximum absolute atomic E-state index is 12.5. The number of carbonyl (C=O) groups is 2. The number of rotatable bonds is 51. The smallest absolute Gasteiger partial charge is 0.305 e. The van der Waals surface area contributed by atoms with Crippen molar-refractivity contribution in [2.24, 2.45) is 0 Å². The molecule has 3 N–H and O–H groups in total. The number of esters is 1. The van der Waals surface area contributed by atoms with E-state index in [2.05, 4.69) is 43.5 Å². The molecular weight excluding hydrogens is 767 g/mol. The molecular formula is C56H107NO5. The summed E-state index contributed by atoms with van der Waals surface area (Å²) in [5.74, 6) is -0.0644. The van der Waals surface area contributed by atoms with Gasteiger partial charge in [0.05, 0.1) is 25.4 Å². The second kappa shape index (κ2) is 52.0. The zero-order valence-corrected chi connectivity index (χ0v) is 41.6. The summed E-state index contributed by atoms with van der Waals surface area (Å²) in [5.41, 5.74) is 0. The first-order valence-electron chi connectivity index (χ1n) is 27.6. The molecule has 0 aliphatic carbocycles. The molecule has 0 radical (unpaired) electrons. The van der Waals surface area contributed by atoms with Crippen molar-refractivity contribution in [3.05, 3.63) is 24.3 Å². The van der Waals surface area contributed by atoms with Crippen molar-refractivity contribution >= 4 is 11.9 Å². The molecule has 0 spiro atoms. The van der Waals surface area contributed by atoms with Crippen molar-refractivity contribution in [1.82, 2.24) is 5.32 Å². The van der Waals surface area contributed by atoms with Crippen LogP contribution in [-0.4, -0.2) is 47.4 Å². The highest BCUT2D eigenvalue weighted by atomic mass is 16.5. The number of carbonyl (C=O) groups excluding carboxylic acids is 2. The Bertz CT molecular complexity index is 966. The summed E-state index contributed by atoms with van der Waals surface area (Å²) >= 11 is 0. The number of hydrogen-bond donors (Lipinski definition) is 3. The van der Waals surface area contributed by atoms with Crippen molar-refractivity contribution in [2.75, 3.05) is 13.2 Å². The van der Waals surface area contributed by atoms with E-state index in [-0.39, 0.29) is 18.5 Å². The predicted molar refractivity (Wildman–Crippen MR) is 269 cm³/mol. The lowest BCUT2D eigenvalue weighted by atomic mass is 10.0. The van der Waals surface area contributed by atoms with Gasteiger partial charge in [-0.05, 0) is 64.2 Å². The average Bonchev–Trinajstić information content (AvgIpc) is 3.27. The van der Waals surface area contributed by atoms with Crippen LogP contribution >= 0.6 is 0 Å². The van der Waals surface area contributed by atoms with Crippen LogP contribution in [0.5, 0.6) is 0 Å². The summed E-state index contributed by atoms with van der Waals surface area (Å²) in [6.07, 6.45) is 61.6. The fourth-order valence-electron chi connectivity index (χ4n) is 8.49. The lowest BCUT2D eigenvalue weighted by Crippen LogP contribution is -2.45. The number of hydrogen-bond acceptors (Lipinski definition) is 5. The van der Waals surface area contributed by atoms with Gasteiger partial charge in [0.2, 0.25) is 5.91 Å². The van der Waals surface area contributed by atoms with Crippen LogP contribution < -0.4 is 5.32 Å². The van der Waals surface area contributed by atoms with E-state index in [0.29, 0.717) is 25.9 Å². The van der Waals surface area contributed by atoms with E-state index >= 15 is 0 Å². The van der Waals surface area contributed by atoms with E-state index < -0.39 is 12.1 Å². The lowest BCUT2D eigenvalue weighted by molar-refractivity contribution is -0.143. The van der Waals surface area contributed by atoms with Gasteiger partial charge in [0, 0.05) is 12.8 Å². The van der Waals surface area contributed by atoms with Gasteiger partial charge in [0.25, 0.3) is 0 Å². The molecule has 0 aromatic heterocycles.